The highest BCUT2D eigenvalue weighted by molar-refractivity contribution is 5.95. The van der Waals surface area contributed by atoms with Crippen molar-refractivity contribution in [3.63, 3.8) is 0 Å². The largest absolute Gasteiger partial charge is 0.348 e. The van der Waals surface area contributed by atoms with Crippen molar-refractivity contribution >= 4 is 5.91 Å². The molecule has 1 atom stereocenters. The van der Waals surface area contributed by atoms with Crippen molar-refractivity contribution in [1.29, 1.82) is 0 Å². The monoisotopic (exact) mass is 435 g/mol. The summed E-state index contributed by atoms with van der Waals surface area (Å²) < 4.78 is 15.0. The van der Waals surface area contributed by atoms with Gasteiger partial charge in [0.1, 0.15) is 5.82 Å². The number of hydrogen-bond acceptors (Lipinski definition) is 4. The Bertz CT molecular complexity index is 1090. The molecule has 0 bridgehead atoms. The molecule has 168 valence electrons. The van der Waals surface area contributed by atoms with Crippen LogP contribution in [0.2, 0.25) is 0 Å². The quantitative estimate of drug-likeness (QED) is 0.600. The van der Waals surface area contributed by atoms with Gasteiger partial charge in [0.2, 0.25) is 0 Å². The average Bonchev–Trinajstić information content (AvgIpc) is 3.39. The van der Waals surface area contributed by atoms with Crippen molar-refractivity contribution < 1.29 is 9.18 Å². The Balaban J connectivity index is 1.43. The highest BCUT2D eigenvalue weighted by atomic mass is 19.1. The number of rotatable bonds is 7. The second-order valence-corrected chi connectivity index (χ2v) is 8.40. The summed E-state index contributed by atoms with van der Waals surface area (Å²) in [6.45, 7) is 9.15. The molecule has 32 heavy (non-hydrogen) atoms. The average molecular weight is 436 g/mol. The van der Waals surface area contributed by atoms with Crippen molar-refractivity contribution in [3.8, 4) is 0 Å². The number of aryl methyl sites for hydroxylation is 3. The Morgan fingerprint density at radius 2 is 1.94 bits per heavy atom. The number of pyridine rings is 1. The van der Waals surface area contributed by atoms with Crippen LogP contribution < -0.4 is 5.32 Å². The maximum atomic E-state index is 13.1. The van der Waals surface area contributed by atoms with Crippen LogP contribution in [0.3, 0.4) is 0 Å². The normalized spacial score (nSPS) is 16.4. The summed E-state index contributed by atoms with van der Waals surface area (Å²) in [6, 6.07) is 10.2. The third-order valence-electron chi connectivity index (χ3n) is 6.17. The van der Waals surface area contributed by atoms with Gasteiger partial charge in [-0.3, -0.25) is 19.4 Å². The lowest BCUT2D eigenvalue weighted by molar-refractivity contribution is 0.0949. The topological polar surface area (TPSA) is 63.1 Å². The zero-order valence-electron chi connectivity index (χ0n) is 18.9. The first-order chi connectivity index (χ1) is 15.4. The molecule has 1 aromatic carbocycles. The van der Waals surface area contributed by atoms with Crippen LogP contribution in [0.1, 0.15) is 64.4 Å². The number of aromatic nitrogens is 3. The molecule has 1 saturated heterocycles. The SMILES string of the molecule is CCn1cc(CN2CCCC2c2ccc(C(=O)NCc3ccc(F)cc3)c(C)n2)c(C)n1. The first-order valence-electron chi connectivity index (χ1n) is 11.2. The summed E-state index contributed by atoms with van der Waals surface area (Å²) in [5.41, 5.74) is 5.49. The van der Waals surface area contributed by atoms with Gasteiger partial charge in [-0.05, 0) is 70.0 Å². The van der Waals surface area contributed by atoms with Crippen LogP contribution in [0.15, 0.2) is 42.6 Å². The lowest BCUT2D eigenvalue weighted by Crippen LogP contribution is -2.26. The summed E-state index contributed by atoms with van der Waals surface area (Å²) in [7, 11) is 0. The molecule has 7 heteroatoms. The summed E-state index contributed by atoms with van der Waals surface area (Å²) in [6.07, 6.45) is 4.33. The lowest BCUT2D eigenvalue weighted by Gasteiger charge is -2.24. The number of amides is 1. The van der Waals surface area contributed by atoms with Crippen molar-refractivity contribution in [2.75, 3.05) is 6.54 Å². The molecule has 0 aliphatic carbocycles. The van der Waals surface area contributed by atoms with E-state index in [1.165, 1.54) is 17.7 Å². The molecule has 1 unspecified atom stereocenters. The second-order valence-electron chi connectivity index (χ2n) is 8.40. The van der Waals surface area contributed by atoms with E-state index < -0.39 is 0 Å². The smallest absolute Gasteiger partial charge is 0.253 e. The van der Waals surface area contributed by atoms with E-state index in [1.807, 2.05) is 23.7 Å². The van der Waals surface area contributed by atoms with E-state index in [4.69, 9.17) is 4.98 Å². The summed E-state index contributed by atoms with van der Waals surface area (Å²) in [4.78, 5) is 19.9. The van der Waals surface area contributed by atoms with Gasteiger partial charge in [0.25, 0.3) is 5.91 Å². The van der Waals surface area contributed by atoms with Crippen LogP contribution in [-0.4, -0.2) is 32.1 Å². The Hall–Kier alpha value is -3.06. The van der Waals surface area contributed by atoms with Gasteiger partial charge in [-0.15, -0.1) is 0 Å². The molecule has 3 aromatic rings. The van der Waals surface area contributed by atoms with Gasteiger partial charge < -0.3 is 5.32 Å². The predicted molar refractivity (Wildman–Crippen MR) is 122 cm³/mol. The van der Waals surface area contributed by atoms with Crippen LogP contribution in [0.4, 0.5) is 4.39 Å². The minimum Gasteiger partial charge on any atom is -0.348 e. The number of hydrogen-bond donors (Lipinski definition) is 1. The van der Waals surface area contributed by atoms with Crippen molar-refractivity contribution in [3.05, 3.63) is 82.2 Å². The molecule has 0 saturated carbocycles. The van der Waals surface area contributed by atoms with Crippen LogP contribution >= 0.6 is 0 Å². The van der Waals surface area contributed by atoms with Crippen LogP contribution in [-0.2, 0) is 19.6 Å². The second kappa shape index (κ2) is 9.61. The molecular formula is C25H30FN5O. The highest BCUT2D eigenvalue weighted by Crippen LogP contribution is 2.33. The predicted octanol–water partition coefficient (Wildman–Crippen LogP) is 4.32. The third-order valence-corrected chi connectivity index (χ3v) is 6.17. The van der Waals surface area contributed by atoms with E-state index in [0.29, 0.717) is 12.1 Å². The van der Waals surface area contributed by atoms with Crippen LogP contribution in [0.25, 0.3) is 0 Å². The molecule has 2 aromatic heterocycles. The van der Waals surface area contributed by atoms with Crippen LogP contribution in [0.5, 0.6) is 0 Å². The van der Waals surface area contributed by atoms with Crippen LogP contribution in [0, 0.1) is 19.7 Å². The van der Waals surface area contributed by atoms with E-state index in [0.717, 1.165) is 55.1 Å². The first-order valence-corrected chi connectivity index (χ1v) is 11.2. The van der Waals surface area contributed by atoms with E-state index >= 15 is 0 Å². The fourth-order valence-corrected chi connectivity index (χ4v) is 4.33. The molecule has 1 fully saturated rings. The number of carbonyl (C=O) groups excluding carboxylic acids is 1. The maximum absolute atomic E-state index is 13.1. The fraction of sp³-hybridized carbons (Fsp3) is 0.400. The molecule has 4 rings (SSSR count). The first kappa shape index (κ1) is 22.1. The zero-order chi connectivity index (χ0) is 22.7. The lowest BCUT2D eigenvalue weighted by atomic mass is 10.1. The van der Waals surface area contributed by atoms with Gasteiger partial charge in [-0.2, -0.15) is 5.10 Å². The van der Waals surface area contributed by atoms with E-state index in [-0.39, 0.29) is 17.8 Å². The molecule has 1 aliphatic rings. The third kappa shape index (κ3) is 4.88. The minimum absolute atomic E-state index is 0.170. The number of benzene rings is 1. The Labute approximate surface area is 188 Å². The Morgan fingerprint density at radius 1 is 1.16 bits per heavy atom. The van der Waals surface area contributed by atoms with E-state index in [1.54, 1.807) is 12.1 Å². The molecule has 0 spiro atoms. The highest BCUT2D eigenvalue weighted by Gasteiger charge is 2.28. The molecule has 0 radical (unpaired) electrons. The molecule has 6 nitrogen and oxygen atoms in total. The number of likely N-dealkylation sites (tertiary alicyclic amines) is 1. The Morgan fingerprint density at radius 3 is 2.62 bits per heavy atom. The molecule has 1 aliphatic heterocycles. The maximum Gasteiger partial charge on any atom is 0.253 e. The van der Waals surface area contributed by atoms with Gasteiger partial charge in [-0.25, -0.2) is 4.39 Å². The van der Waals surface area contributed by atoms with E-state index in [9.17, 15) is 9.18 Å². The molecule has 1 N–H and O–H groups in total. The van der Waals surface area contributed by atoms with Gasteiger partial charge >= 0.3 is 0 Å². The fourth-order valence-electron chi connectivity index (χ4n) is 4.33. The number of carbonyl (C=O) groups is 1. The number of nitrogens with zero attached hydrogens (tertiary/aromatic N) is 4. The Kier molecular flexibility index (Phi) is 6.65. The van der Waals surface area contributed by atoms with Crippen molar-refractivity contribution in [2.24, 2.45) is 0 Å². The van der Waals surface area contributed by atoms with Gasteiger partial charge in [-0.1, -0.05) is 12.1 Å². The molecule has 1 amide bonds. The van der Waals surface area contributed by atoms with Crippen molar-refractivity contribution in [2.45, 2.75) is 59.3 Å². The molecule has 3 heterocycles. The van der Waals surface area contributed by atoms with E-state index in [2.05, 4.69) is 35.4 Å². The van der Waals surface area contributed by atoms with Crippen molar-refractivity contribution in [1.82, 2.24) is 25.0 Å². The summed E-state index contributed by atoms with van der Waals surface area (Å²) in [5.74, 6) is -0.456. The van der Waals surface area contributed by atoms with Gasteiger partial charge in [0.05, 0.1) is 28.7 Å². The molecular weight excluding hydrogens is 405 g/mol. The summed E-state index contributed by atoms with van der Waals surface area (Å²) in [5, 5.41) is 7.47. The van der Waals surface area contributed by atoms with Gasteiger partial charge in [0, 0.05) is 31.4 Å². The standard InChI is InChI=1S/C25H30FN5O/c1-4-31-16-20(17(2)29-31)15-30-13-5-6-24(30)23-12-11-22(18(3)28-23)25(32)27-14-19-7-9-21(26)10-8-19/h7-12,16,24H,4-6,13-15H2,1-3H3,(H,27,32). The minimum atomic E-state index is -0.286. The number of nitrogens with one attached hydrogen (secondary N) is 1. The summed E-state index contributed by atoms with van der Waals surface area (Å²) >= 11 is 0. The zero-order valence-corrected chi connectivity index (χ0v) is 18.9. The van der Waals surface area contributed by atoms with Gasteiger partial charge in [0.15, 0.2) is 0 Å². The number of halogens is 1.